The van der Waals surface area contributed by atoms with Crippen LogP contribution in [0.3, 0.4) is 0 Å². The summed E-state index contributed by atoms with van der Waals surface area (Å²) in [5, 5.41) is 7.49. The van der Waals surface area contributed by atoms with E-state index in [1.165, 1.54) is 65.5 Å². The van der Waals surface area contributed by atoms with Crippen molar-refractivity contribution < 1.29 is 0 Å². The summed E-state index contributed by atoms with van der Waals surface area (Å²) in [6.45, 7) is 0. The second-order valence-electron chi connectivity index (χ2n) is 14.5. The van der Waals surface area contributed by atoms with Gasteiger partial charge >= 0.3 is 0 Å². The maximum Gasteiger partial charge on any atom is 0.0731 e. The van der Waals surface area contributed by atoms with Gasteiger partial charge in [-0.05, 0) is 102 Å². The Labute approximate surface area is 321 Å². The first-order chi connectivity index (χ1) is 27.8. The minimum atomic E-state index is 0.870. The smallest absolute Gasteiger partial charge is 0.0731 e. The molecule has 6 aromatic carbocycles. The van der Waals surface area contributed by atoms with Crippen molar-refractivity contribution >= 4 is 59.9 Å². The lowest BCUT2D eigenvalue weighted by Gasteiger charge is -2.12. The Morgan fingerprint density at radius 2 is 0.964 bits per heavy atom. The highest BCUT2D eigenvalue weighted by Gasteiger charge is 2.22. The van der Waals surface area contributed by atoms with Gasteiger partial charge in [0.2, 0.25) is 0 Å². The minimum absolute atomic E-state index is 0.870. The van der Waals surface area contributed by atoms with Crippen LogP contribution in [0.2, 0.25) is 0 Å². The standard InChI is InChI=1S/C51H31N5/c1-2-13-37(14-3-1)55-49-22-21-32(35-28-45(33-11-9-23-52-30-33)54-46(29-35)34-12-10-24-53-31-34)25-42(49)41-18-8-17-38(50(41)55)36-26-43-39-15-4-6-19-47(39)56-48-20-7-5-16-40(48)44(27-36)51(43)56/h1-31H. The summed E-state index contributed by atoms with van der Waals surface area (Å²) >= 11 is 0. The number of fused-ring (bicyclic) bond motifs is 9. The molecule has 0 radical (unpaired) electrons. The summed E-state index contributed by atoms with van der Waals surface area (Å²) in [5.74, 6) is 0. The fraction of sp³-hybridized carbons (Fsp3) is 0. The van der Waals surface area contributed by atoms with E-state index in [2.05, 4.69) is 171 Å². The van der Waals surface area contributed by atoms with Gasteiger partial charge in [0.05, 0.1) is 39.0 Å². The number of nitrogens with zero attached hydrogens (tertiary/aromatic N) is 5. The van der Waals surface area contributed by atoms with Crippen LogP contribution in [0.15, 0.2) is 189 Å². The van der Waals surface area contributed by atoms with Gasteiger partial charge in [0.15, 0.2) is 0 Å². The van der Waals surface area contributed by atoms with E-state index in [1.807, 2.05) is 24.5 Å². The monoisotopic (exact) mass is 713 g/mol. The molecule has 0 bridgehead atoms. The molecule has 260 valence electrons. The summed E-state index contributed by atoms with van der Waals surface area (Å²) in [6, 6.07) is 59.2. The molecule has 5 heteroatoms. The lowest BCUT2D eigenvalue weighted by molar-refractivity contribution is 1.18. The van der Waals surface area contributed by atoms with E-state index < -0.39 is 0 Å². The Kier molecular flexibility index (Phi) is 6.56. The molecule has 0 saturated carbocycles. The molecule has 56 heavy (non-hydrogen) atoms. The first kappa shape index (κ1) is 30.8. The van der Waals surface area contributed by atoms with Gasteiger partial charge in [-0.1, -0.05) is 78.9 Å². The second kappa shape index (κ2) is 11.9. The van der Waals surface area contributed by atoms with Crippen molar-refractivity contribution in [2.24, 2.45) is 0 Å². The van der Waals surface area contributed by atoms with Crippen LogP contribution < -0.4 is 0 Å². The van der Waals surface area contributed by atoms with Crippen LogP contribution in [0.4, 0.5) is 0 Å². The van der Waals surface area contributed by atoms with Gasteiger partial charge in [0.1, 0.15) is 0 Å². The van der Waals surface area contributed by atoms with Crippen LogP contribution >= 0.6 is 0 Å². The number of para-hydroxylation sites is 4. The van der Waals surface area contributed by atoms with Crippen molar-refractivity contribution in [3.63, 3.8) is 0 Å². The van der Waals surface area contributed by atoms with Crippen LogP contribution in [-0.4, -0.2) is 23.9 Å². The summed E-state index contributed by atoms with van der Waals surface area (Å²) in [4.78, 5) is 13.9. The highest BCUT2D eigenvalue weighted by molar-refractivity contribution is 6.25. The molecule has 0 saturated heterocycles. The van der Waals surface area contributed by atoms with Gasteiger partial charge in [0, 0.05) is 79.5 Å². The maximum atomic E-state index is 5.08. The topological polar surface area (TPSA) is 48.0 Å². The quantitative estimate of drug-likeness (QED) is 0.178. The van der Waals surface area contributed by atoms with E-state index >= 15 is 0 Å². The van der Waals surface area contributed by atoms with Crippen molar-refractivity contribution in [1.29, 1.82) is 0 Å². The van der Waals surface area contributed by atoms with Gasteiger partial charge in [-0.3, -0.25) is 9.97 Å². The summed E-state index contributed by atoms with van der Waals surface area (Å²) in [6.07, 6.45) is 7.34. The molecule has 0 aliphatic rings. The zero-order chi connectivity index (χ0) is 36.7. The fourth-order valence-corrected chi connectivity index (χ4v) is 8.95. The zero-order valence-electron chi connectivity index (χ0n) is 30.1. The number of hydrogen-bond donors (Lipinski definition) is 0. The lowest BCUT2D eigenvalue weighted by Crippen LogP contribution is -1.95. The van der Waals surface area contributed by atoms with E-state index in [0.29, 0.717) is 0 Å². The second-order valence-corrected chi connectivity index (χ2v) is 14.5. The predicted octanol–water partition coefficient (Wildman–Crippen LogP) is 12.8. The molecule has 0 atom stereocenters. The first-order valence-electron chi connectivity index (χ1n) is 18.9. The molecule has 5 nitrogen and oxygen atoms in total. The van der Waals surface area contributed by atoms with E-state index in [1.54, 1.807) is 12.4 Å². The van der Waals surface area contributed by atoms with Crippen molar-refractivity contribution in [3.05, 3.63) is 189 Å². The van der Waals surface area contributed by atoms with Crippen LogP contribution in [0.1, 0.15) is 0 Å². The third-order valence-electron chi connectivity index (χ3n) is 11.4. The molecule has 0 amide bonds. The highest BCUT2D eigenvalue weighted by Crippen LogP contribution is 2.45. The molecule has 0 spiro atoms. The fourth-order valence-electron chi connectivity index (χ4n) is 8.95. The molecule has 0 fully saturated rings. The third kappa shape index (κ3) is 4.52. The average Bonchev–Trinajstić information content (AvgIpc) is 3.92. The molecular formula is C51H31N5. The van der Waals surface area contributed by atoms with E-state index in [4.69, 9.17) is 4.98 Å². The molecule has 6 heterocycles. The molecule has 6 aromatic heterocycles. The van der Waals surface area contributed by atoms with Crippen LogP contribution in [0.5, 0.6) is 0 Å². The summed E-state index contributed by atoms with van der Waals surface area (Å²) < 4.78 is 4.89. The van der Waals surface area contributed by atoms with E-state index in [9.17, 15) is 0 Å². The summed E-state index contributed by atoms with van der Waals surface area (Å²) in [7, 11) is 0. The molecular weight excluding hydrogens is 683 g/mol. The van der Waals surface area contributed by atoms with Gasteiger partial charge < -0.3 is 8.97 Å². The molecule has 12 rings (SSSR count). The lowest BCUT2D eigenvalue weighted by atomic mass is 9.96. The normalized spacial score (nSPS) is 11.9. The largest absolute Gasteiger partial charge is 0.309 e. The number of aromatic nitrogens is 5. The van der Waals surface area contributed by atoms with Gasteiger partial charge in [-0.15, -0.1) is 0 Å². The Morgan fingerprint density at radius 1 is 0.357 bits per heavy atom. The average molecular weight is 714 g/mol. The number of pyridine rings is 3. The predicted molar refractivity (Wildman–Crippen MR) is 231 cm³/mol. The van der Waals surface area contributed by atoms with Crippen molar-refractivity contribution in [3.8, 4) is 50.5 Å². The zero-order valence-corrected chi connectivity index (χ0v) is 30.1. The number of benzene rings is 6. The number of hydrogen-bond acceptors (Lipinski definition) is 3. The first-order valence-corrected chi connectivity index (χ1v) is 18.9. The highest BCUT2D eigenvalue weighted by atomic mass is 15.0. The van der Waals surface area contributed by atoms with Gasteiger partial charge in [-0.2, -0.15) is 0 Å². The Hall–Kier alpha value is -7.63. The maximum absolute atomic E-state index is 5.08. The summed E-state index contributed by atoms with van der Waals surface area (Å²) in [5.41, 5.74) is 15.5. The van der Waals surface area contributed by atoms with Gasteiger partial charge in [-0.25, -0.2) is 4.98 Å². The third-order valence-corrected chi connectivity index (χ3v) is 11.4. The SMILES string of the molecule is c1ccc(-n2c3ccc(-c4cc(-c5cccnc5)nc(-c5cccnc5)c4)cc3c3cccc(-c4cc5c6ccccc6n6c7ccccc7c(c4)c56)c32)cc1. The molecule has 0 aliphatic carbocycles. The molecule has 0 unspecified atom stereocenters. The molecule has 12 aromatic rings. The van der Waals surface area contributed by atoms with E-state index in [0.717, 1.165) is 44.8 Å². The molecule has 0 N–H and O–H groups in total. The van der Waals surface area contributed by atoms with E-state index in [-0.39, 0.29) is 0 Å². The van der Waals surface area contributed by atoms with Crippen molar-refractivity contribution in [2.45, 2.75) is 0 Å². The van der Waals surface area contributed by atoms with Crippen LogP contribution in [-0.2, 0) is 0 Å². The van der Waals surface area contributed by atoms with Crippen LogP contribution in [0, 0.1) is 0 Å². The van der Waals surface area contributed by atoms with Crippen molar-refractivity contribution in [2.75, 3.05) is 0 Å². The Balaban J connectivity index is 1.14. The minimum Gasteiger partial charge on any atom is -0.309 e. The Morgan fingerprint density at radius 3 is 1.61 bits per heavy atom. The van der Waals surface area contributed by atoms with Crippen molar-refractivity contribution in [1.82, 2.24) is 23.9 Å². The molecule has 0 aliphatic heterocycles. The Bertz CT molecular complexity index is 3310. The number of rotatable bonds is 5. The van der Waals surface area contributed by atoms with Crippen LogP contribution in [0.25, 0.3) is 110 Å². The van der Waals surface area contributed by atoms with Gasteiger partial charge in [0.25, 0.3) is 0 Å².